The number of ether oxygens (including phenoxy) is 1. The lowest BCUT2D eigenvalue weighted by Gasteiger charge is -2.41. The maximum atomic E-state index is 11.9. The fraction of sp³-hybridized carbons (Fsp3) is 0.727. The molecule has 1 fully saturated rings. The van der Waals surface area contributed by atoms with Crippen molar-refractivity contribution >= 4 is 17.8 Å². The number of nitrogens with zero attached hydrogens (tertiary/aromatic N) is 1. The summed E-state index contributed by atoms with van der Waals surface area (Å²) in [6.07, 6.45) is -0.315. The average Bonchev–Trinajstić information content (AvgIpc) is 2.22. The monoisotopic (exact) mass is 242 g/mol. The van der Waals surface area contributed by atoms with Crippen molar-refractivity contribution in [2.24, 2.45) is 0 Å². The Morgan fingerprint density at radius 3 is 2.71 bits per heavy atom. The second-order valence-corrected chi connectivity index (χ2v) is 4.34. The summed E-state index contributed by atoms with van der Waals surface area (Å²) in [7, 11) is 0. The van der Waals surface area contributed by atoms with Crippen molar-refractivity contribution in [2.75, 3.05) is 19.7 Å². The molecule has 0 aromatic heterocycles. The molecular formula is C11H18N2O4. The van der Waals surface area contributed by atoms with E-state index in [1.54, 1.807) is 20.8 Å². The van der Waals surface area contributed by atoms with E-state index in [9.17, 15) is 14.4 Å². The van der Waals surface area contributed by atoms with Gasteiger partial charge in [0.05, 0.1) is 6.61 Å². The van der Waals surface area contributed by atoms with Gasteiger partial charge in [0.25, 0.3) is 0 Å². The molecule has 0 aromatic carbocycles. The Balaban J connectivity index is 2.68. The summed E-state index contributed by atoms with van der Waals surface area (Å²) in [4.78, 5) is 36.1. The Morgan fingerprint density at radius 2 is 2.12 bits per heavy atom. The fourth-order valence-electron chi connectivity index (χ4n) is 1.77. The molecule has 0 aliphatic carbocycles. The first-order valence-electron chi connectivity index (χ1n) is 5.64. The van der Waals surface area contributed by atoms with E-state index < -0.39 is 11.5 Å². The van der Waals surface area contributed by atoms with Crippen LogP contribution in [0.5, 0.6) is 0 Å². The Kier molecular flexibility index (Phi) is 4.09. The highest BCUT2D eigenvalue weighted by Crippen LogP contribution is 2.18. The number of hydrogen-bond acceptors (Lipinski definition) is 4. The fourth-order valence-corrected chi connectivity index (χ4v) is 1.77. The van der Waals surface area contributed by atoms with E-state index >= 15 is 0 Å². The number of rotatable bonds is 3. The molecule has 6 heteroatoms. The topological polar surface area (TPSA) is 75.7 Å². The number of carbonyl (C=O) groups excluding carboxylic acids is 3. The van der Waals surface area contributed by atoms with Gasteiger partial charge in [-0.1, -0.05) is 0 Å². The summed E-state index contributed by atoms with van der Waals surface area (Å²) in [6.45, 7) is 6.07. The minimum absolute atomic E-state index is 0.207. The molecule has 0 bridgehead atoms. The van der Waals surface area contributed by atoms with Crippen LogP contribution >= 0.6 is 0 Å². The maximum absolute atomic E-state index is 11.9. The molecule has 1 aliphatic heterocycles. The van der Waals surface area contributed by atoms with Crippen molar-refractivity contribution < 1.29 is 19.1 Å². The molecule has 0 saturated carbocycles. The zero-order chi connectivity index (χ0) is 13.1. The summed E-state index contributed by atoms with van der Waals surface area (Å²) in [5.41, 5.74) is -0.915. The molecule has 1 rings (SSSR count). The minimum atomic E-state index is -0.915. The van der Waals surface area contributed by atoms with Crippen molar-refractivity contribution in [3.63, 3.8) is 0 Å². The standard InChI is InChI=1S/C11H18N2O4/c1-4-17-9(15)7-8(14)13-6-5-12-10(16)11(13,2)3/h4-7H2,1-3H3,(H,12,16). The van der Waals surface area contributed by atoms with Crippen LogP contribution in [-0.4, -0.2) is 47.9 Å². The third-order valence-electron chi connectivity index (χ3n) is 2.75. The summed E-state index contributed by atoms with van der Waals surface area (Å²) in [5.74, 6) is -1.14. The maximum Gasteiger partial charge on any atom is 0.315 e. The van der Waals surface area contributed by atoms with Gasteiger partial charge in [0.2, 0.25) is 11.8 Å². The molecule has 1 heterocycles. The van der Waals surface area contributed by atoms with Gasteiger partial charge in [-0.3, -0.25) is 14.4 Å². The van der Waals surface area contributed by atoms with Crippen LogP contribution in [0.3, 0.4) is 0 Å². The number of carbonyl (C=O) groups is 3. The normalized spacial score (nSPS) is 18.5. The van der Waals surface area contributed by atoms with Gasteiger partial charge in [0, 0.05) is 13.1 Å². The van der Waals surface area contributed by atoms with E-state index in [1.807, 2.05) is 0 Å². The predicted octanol–water partition coefficient (Wildman–Crippen LogP) is -0.323. The second kappa shape index (κ2) is 5.16. The third-order valence-corrected chi connectivity index (χ3v) is 2.75. The van der Waals surface area contributed by atoms with Gasteiger partial charge < -0.3 is 15.0 Å². The number of amides is 2. The van der Waals surface area contributed by atoms with Gasteiger partial charge in [-0.2, -0.15) is 0 Å². The Hall–Kier alpha value is -1.59. The van der Waals surface area contributed by atoms with Crippen LogP contribution in [0.25, 0.3) is 0 Å². The number of hydrogen-bond donors (Lipinski definition) is 1. The van der Waals surface area contributed by atoms with Crippen molar-refractivity contribution in [1.29, 1.82) is 0 Å². The molecular weight excluding hydrogens is 224 g/mol. The number of esters is 1. The molecule has 0 unspecified atom stereocenters. The van der Waals surface area contributed by atoms with Crippen LogP contribution in [0.4, 0.5) is 0 Å². The lowest BCUT2D eigenvalue weighted by Crippen LogP contribution is -2.63. The Labute approximate surface area is 100 Å². The second-order valence-electron chi connectivity index (χ2n) is 4.34. The lowest BCUT2D eigenvalue weighted by molar-refractivity contribution is -0.155. The van der Waals surface area contributed by atoms with Gasteiger partial charge in [-0.15, -0.1) is 0 Å². The van der Waals surface area contributed by atoms with Gasteiger partial charge in [0.1, 0.15) is 12.0 Å². The van der Waals surface area contributed by atoms with Crippen LogP contribution in [0.15, 0.2) is 0 Å². The number of piperazine rings is 1. The van der Waals surface area contributed by atoms with Gasteiger partial charge >= 0.3 is 5.97 Å². The van der Waals surface area contributed by atoms with E-state index in [-0.39, 0.29) is 24.8 Å². The Morgan fingerprint density at radius 1 is 1.47 bits per heavy atom. The van der Waals surface area contributed by atoms with Crippen molar-refractivity contribution in [2.45, 2.75) is 32.7 Å². The first-order chi connectivity index (χ1) is 7.89. The largest absolute Gasteiger partial charge is 0.466 e. The van der Waals surface area contributed by atoms with Crippen LogP contribution in [0.2, 0.25) is 0 Å². The highest BCUT2D eigenvalue weighted by atomic mass is 16.5. The minimum Gasteiger partial charge on any atom is -0.466 e. The van der Waals surface area contributed by atoms with Crippen LogP contribution in [0.1, 0.15) is 27.2 Å². The summed E-state index contributed by atoms with van der Waals surface area (Å²) >= 11 is 0. The summed E-state index contributed by atoms with van der Waals surface area (Å²) in [5, 5.41) is 2.69. The average molecular weight is 242 g/mol. The van der Waals surface area contributed by atoms with Crippen LogP contribution < -0.4 is 5.32 Å². The van der Waals surface area contributed by atoms with Crippen molar-refractivity contribution in [3.05, 3.63) is 0 Å². The molecule has 96 valence electrons. The molecule has 6 nitrogen and oxygen atoms in total. The third kappa shape index (κ3) is 2.95. The molecule has 1 aliphatic rings. The summed E-state index contributed by atoms with van der Waals surface area (Å²) in [6, 6.07) is 0. The van der Waals surface area contributed by atoms with E-state index in [0.29, 0.717) is 13.1 Å². The highest BCUT2D eigenvalue weighted by Gasteiger charge is 2.40. The zero-order valence-electron chi connectivity index (χ0n) is 10.4. The predicted molar refractivity (Wildman–Crippen MR) is 60.1 cm³/mol. The van der Waals surface area contributed by atoms with E-state index in [0.717, 1.165) is 0 Å². The SMILES string of the molecule is CCOC(=O)CC(=O)N1CCNC(=O)C1(C)C. The first kappa shape index (κ1) is 13.5. The smallest absolute Gasteiger partial charge is 0.315 e. The van der Waals surface area contributed by atoms with E-state index in [2.05, 4.69) is 5.32 Å². The molecule has 0 radical (unpaired) electrons. The highest BCUT2D eigenvalue weighted by molar-refractivity contribution is 5.98. The quantitative estimate of drug-likeness (QED) is 0.543. The lowest BCUT2D eigenvalue weighted by atomic mass is 9.98. The summed E-state index contributed by atoms with van der Waals surface area (Å²) < 4.78 is 4.71. The molecule has 0 atom stereocenters. The van der Waals surface area contributed by atoms with Crippen LogP contribution in [0, 0.1) is 0 Å². The molecule has 0 aromatic rings. The molecule has 1 N–H and O–H groups in total. The van der Waals surface area contributed by atoms with E-state index in [1.165, 1.54) is 4.90 Å². The molecule has 1 saturated heterocycles. The number of nitrogens with one attached hydrogen (secondary N) is 1. The first-order valence-corrected chi connectivity index (χ1v) is 5.64. The molecule has 2 amide bonds. The Bertz CT molecular complexity index is 338. The van der Waals surface area contributed by atoms with Gasteiger partial charge in [0.15, 0.2) is 0 Å². The zero-order valence-corrected chi connectivity index (χ0v) is 10.4. The van der Waals surface area contributed by atoms with Crippen LogP contribution in [-0.2, 0) is 19.1 Å². The van der Waals surface area contributed by atoms with Crippen molar-refractivity contribution in [3.8, 4) is 0 Å². The van der Waals surface area contributed by atoms with Gasteiger partial charge in [-0.05, 0) is 20.8 Å². The molecule has 17 heavy (non-hydrogen) atoms. The van der Waals surface area contributed by atoms with E-state index in [4.69, 9.17) is 4.74 Å². The van der Waals surface area contributed by atoms with Crippen molar-refractivity contribution in [1.82, 2.24) is 10.2 Å². The van der Waals surface area contributed by atoms with Gasteiger partial charge in [-0.25, -0.2) is 0 Å². The molecule has 0 spiro atoms.